The van der Waals surface area contributed by atoms with E-state index in [9.17, 15) is 0 Å². The summed E-state index contributed by atoms with van der Waals surface area (Å²) in [5, 5.41) is 0. The van der Waals surface area contributed by atoms with E-state index >= 15 is 0 Å². The van der Waals surface area contributed by atoms with Crippen LogP contribution >= 0.6 is 12.6 Å². The van der Waals surface area contributed by atoms with Crippen LogP contribution in [0.1, 0.15) is 101 Å². The molecule has 33 heavy (non-hydrogen) atoms. The average molecular weight is 523 g/mol. The van der Waals surface area contributed by atoms with Gasteiger partial charge in [-0.25, -0.2) is 0 Å². The van der Waals surface area contributed by atoms with Crippen molar-refractivity contribution >= 4 is 30.2 Å². The van der Waals surface area contributed by atoms with Crippen LogP contribution in [0.3, 0.4) is 0 Å². The molecule has 2 aliphatic heterocycles. The van der Waals surface area contributed by atoms with E-state index in [-0.39, 0.29) is 29.5 Å². The van der Waals surface area contributed by atoms with Crippen LogP contribution in [0.25, 0.3) is 0 Å². The Balaban J connectivity index is 2.14. The van der Waals surface area contributed by atoms with Gasteiger partial charge in [0.2, 0.25) is 0 Å². The second-order valence-corrected chi connectivity index (χ2v) is 17.4. The monoisotopic (exact) mass is 522 g/mol. The van der Waals surface area contributed by atoms with Gasteiger partial charge in [0.05, 0.1) is 16.8 Å². The number of hydrogen-bond donors (Lipinski definition) is 1. The van der Waals surface area contributed by atoms with Crippen LogP contribution in [0, 0.1) is 0 Å². The van der Waals surface area contributed by atoms with Crippen molar-refractivity contribution < 1.29 is 26.6 Å². The predicted octanol–water partition coefficient (Wildman–Crippen LogP) is 6.39. The molecule has 0 aromatic rings. The predicted molar refractivity (Wildman–Crippen MR) is 141 cm³/mol. The Morgan fingerprint density at radius 1 is 0.970 bits per heavy atom. The molecular formula is C24H50O6SSi2. The molecule has 5 unspecified atom stereocenters. The standard InChI is InChI=1S/C24H50O6SSi2/c1-11-14-33(27-21(4)18-24(9,10)30-33)29-23(7,8)17-20(3)26-32(15-12-13-31)25-19(2)16-22(5,6)28-32/h19-21,31H,11-18H2,1-10H3. The second-order valence-electron chi connectivity index (χ2n) is 11.9. The third-order valence-electron chi connectivity index (χ3n) is 5.97. The Labute approximate surface area is 210 Å². The lowest BCUT2D eigenvalue weighted by atomic mass is 10.0. The molecule has 0 bridgehead atoms. The van der Waals surface area contributed by atoms with Crippen molar-refractivity contribution in [2.75, 3.05) is 5.75 Å². The molecule has 0 aromatic heterocycles. The molecule has 2 fully saturated rings. The SMILES string of the molecule is CCC[Si]1(OC(C)(C)CC(C)O[Si]2(CCCS)OC(C)CC(C)(C)O2)OC(C)CC(C)(C)O1. The first-order chi connectivity index (χ1) is 15.0. The van der Waals surface area contributed by atoms with Gasteiger partial charge in [0.1, 0.15) is 0 Å². The summed E-state index contributed by atoms with van der Waals surface area (Å²) >= 11 is 4.42. The molecule has 0 amide bonds. The zero-order valence-electron chi connectivity index (χ0n) is 22.8. The lowest BCUT2D eigenvalue weighted by Crippen LogP contribution is -2.61. The first kappa shape index (κ1) is 29.8. The summed E-state index contributed by atoms with van der Waals surface area (Å²) in [5.41, 5.74) is -0.967. The highest BCUT2D eigenvalue weighted by Gasteiger charge is 2.55. The van der Waals surface area contributed by atoms with Crippen molar-refractivity contribution in [1.82, 2.24) is 0 Å². The smallest absolute Gasteiger partial charge is 0.371 e. The minimum Gasteiger partial charge on any atom is -0.371 e. The van der Waals surface area contributed by atoms with Crippen molar-refractivity contribution in [3.8, 4) is 0 Å². The molecule has 0 N–H and O–H groups in total. The Hall–Kier alpha value is 0.544. The zero-order valence-corrected chi connectivity index (χ0v) is 25.7. The Kier molecular flexibility index (Phi) is 10.2. The molecule has 6 nitrogen and oxygen atoms in total. The summed E-state index contributed by atoms with van der Waals surface area (Å²) in [4.78, 5) is 0. The molecule has 0 spiro atoms. The molecule has 0 aliphatic carbocycles. The maximum Gasteiger partial charge on any atom is 0.502 e. The van der Waals surface area contributed by atoms with E-state index in [4.69, 9.17) is 26.6 Å². The van der Waals surface area contributed by atoms with Crippen LogP contribution in [0.5, 0.6) is 0 Å². The van der Waals surface area contributed by atoms with Gasteiger partial charge in [-0.05, 0) is 93.7 Å². The maximum atomic E-state index is 6.78. The Morgan fingerprint density at radius 2 is 1.48 bits per heavy atom. The van der Waals surface area contributed by atoms with Gasteiger partial charge in [-0.3, -0.25) is 0 Å². The van der Waals surface area contributed by atoms with Crippen molar-refractivity contribution in [3.05, 3.63) is 0 Å². The first-order valence-corrected chi connectivity index (χ1v) is 17.3. The largest absolute Gasteiger partial charge is 0.502 e. The van der Waals surface area contributed by atoms with E-state index in [0.29, 0.717) is 6.42 Å². The summed E-state index contributed by atoms with van der Waals surface area (Å²) in [7, 11) is -5.67. The summed E-state index contributed by atoms with van der Waals surface area (Å²) in [6.07, 6.45) is 4.46. The molecule has 2 aliphatic rings. The molecule has 5 atom stereocenters. The quantitative estimate of drug-likeness (QED) is 0.251. The summed E-state index contributed by atoms with van der Waals surface area (Å²) < 4.78 is 39.4. The molecule has 2 rings (SSSR count). The fraction of sp³-hybridized carbons (Fsp3) is 1.00. The van der Waals surface area contributed by atoms with Crippen molar-refractivity contribution in [1.29, 1.82) is 0 Å². The van der Waals surface area contributed by atoms with Gasteiger partial charge in [-0.1, -0.05) is 13.3 Å². The van der Waals surface area contributed by atoms with Crippen LogP contribution in [-0.4, -0.2) is 58.5 Å². The summed E-state index contributed by atoms with van der Waals surface area (Å²) in [6.45, 7) is 21.3. The average Bonchev–Trinajstić information content (AvgIpc) is 2.54. The van der Waals surface area contributed by atoms with E-state index in [1.165, 1.54) is 0 Å². The van der Waals surface area contributed by atoms with E-state index < -0.39 is 23.2 Å². The van der Waals surface area contributed by atoms with Crippen LogP contribution in [0.15, 0.2) is 0 Å². The highest BCUT2D eigenvalue weighted by atomic mass is 32.1. The van der Waals surface area contributed by atoms with Crippen LogP contribution < -0.4 is 0 Å². The number of hydrogen-bond acceptors (Lipinski definition) is 7. The van der Waals surface area contributed by atoms with Gasteiger partial charge in [-0.2, -0.15) is 12.6 Å². The summed E-state index contributed by atoms with van der Waals surface area (Å²) in [6, 6.07) is 1.60. The molecule has 0 saturated carbocycles. The van der Waals surface area contributed by atoms with Crippen molar-refractivity contribution in [2.24, 2.45) is 0 Å². The first-order valence-electron chi connectivity index (χ1n) is 12.8. The molecule has 0 radical (unpaired) electrons. The normalized spacial score (nSPS) is 35.4. The van der Waals surface area contributed by atoms with E-state index in [1.54, 1.807) is 0 Å². The van der Waals surface area contributed by atoms with E-state index in [2.05, 4.69) is 81.9 Å². The van der Waals surface area contributed by atoms with Gasteiger partial charge in [0, 0.05) is 30.4 Å². The van der Waals surface area contributed by atoms with Gasteiger partial charge >= 0.3 is 17.6 Å². The zero-order chi connectivity index (χ0) is 25.1. The van der Waals surface area contributed by atoms with Gasteiger partial charge in [0.15, 0.2) is 0 Å². The van der Waals surface area contributed by atoms with Gasteiger partial charge < -0.3 is 26.6 Å². The lowest BCUT2D eigenvalue weighted by molar-refractivity contribution is -0.127. The number of thiol groups is 1. The third-order valence-corrected chi connectivity index (χ3v) is 13.2. The summed E-state index contributed by atoms with van der Waals surface area (Å²) in [5.74, 6) is 0.788. The van der Waals surface area contributed by atoms with Crippen LogP contribution in [0.4, 0.5) is 0 Å². The maximum absolute atomic E-state index is 6.78. The third kappa shape index (κ3) is 9.17. The lowest BCUT2D eigenvalue weighted by Gasteiger charge is -2.49. The molecular weight excluding hydrogens is 472 g/mol. The van der Waals surface area contributed by atoms with Crippen molar-refractivity contribution in [3.63, 3.8) is 0 Å². The number of rotatable bonds is 11. The van der Waals surface area contributed by atoms with E-state index in [1.807, 2.05) is 0 Å². The van der Waals surface area contributed by atoms with Gasteiger partial charge in [0.25, 0.3) is 0 Å². The fourth-order valence-electron chi connectivity index (χ4n) is 5.59. The molecule has 0 aromatic carbocycles. The fourth-order valence-corrected chi connectivity index (χ4v) is 13.1. The van der Waals surface area contributed by atoms with Crippen LogP contribution in [-0.2, 0) is 26.6 Å². The van der Waals surface area contributed by atoms with Crippen LogP contribution in [0.2, 0.25) is 12.1 Å². The molecule has 2 saturated heterocycles. The minimum atomic E-state index is -2.84. The van der Waals surface area contributed by atoms with Crippen molar-refractivity contribution in [2.45, 2.75) is 149 Å². The van der Waals surface area contributed by atoms with Gasteiger partial charge in [-0.15, -0.1) is 0 Å². The molecule has 2 heterocycles. The highest BCUT2D eigenvalue weighted by Crippen LogP contribution is 2.40. The minimum absolute atomic E-state index is 0.0885. The Morgan fingerprint density at radius 3 is 1.97 bits per heavy atom. The Bertz CT molecular complexity index is 634. The topological polar surface area (TPSA) is 55.4 Å². The highest BCUT2D eigenvalue weighted by molar-refractivity contribution is 7.80. The van der Waals surface area contributed by atoms with E-state index in [0.717, 1.165) is 43.5 Å². The molecule has 196 valence electrons. The molecule has 9 heteroatoms. The second kappa shape index (κ2) is 11.3.